The Labute approximate surface area is 149 Å². The maximum Gasteiger partial charge on any atom is 0.164 e. The molecule has 2 unspecified atom stereocenters. The van der Waals surface area contributed by atoms with E-state index in [1.807, 2.05) is 7.05 Å². The fourth-order valence-corrected chi connectivity index (χ4v) is 4.32. The molecule has 2 atom stereocenters. The molecule has 6 heteroatoms. The van der Waals surface area contributed by atoms with Crippen molar-refractivity contribution in [2.75, 3.05) is 44.9 Å². The molecule has 134 valence electrons. The van der Waals surface area contributed by atoms with Crippen LogP contribution >= 0.6 is 0 Å². The summed E-state index contributed by atoms with van der Waals surface area (Å²) in [5.41, 5.74) is 5.91. The van der Waals surface area contributed by atoms with Gasteiger partial charge >= 0.3 is 0 Å². The summed E-state index contributed by atoms with van der Waals surface area (Å²) in [5.74, 6) is 0.865. The Balaban J connectivity index is 1.75. The van der Waals surface area contributed by atoms with Crippen LogP contribution in [0.25, 0.3) is 11.0 Å². The van der Waals surface area contributed by atoms with E-state index in [1.54, 1.807) is 7.11 Å². The summed E-state index contributed by atoms with van der Waals surface area (Å²) < 4.78 is 5.63. The van der Waals surface area contributed by atoms with Gasteiger partial charge in [-0.15, -0.1) is 0 Å². The third kappa shape index (κ3) is 2.83. The predicted molar refractivity (Wildman–Crippen MR) is 102 cm³/mol. The van der Waals surface area contributed by atoms with Crippen LogP contribution in [-0.4, -0.2) is 61.3 Å². The largest absolute Gasteiger partial charge is 0.387 e. The smallest absolute Gasteiger partial charge is 0.164 e. The number of ether oxygens (including phenoxy) is 1. The van der Waals surface area contributed by atoms with Gasteiger partial charge in [0, 0.05) is 50.1 Å². The normalized spacial score (nSPS) is 23.2. The maximum atomic E-state index is 5.63. The van der Waals surface area contributed by atoms with Gasteiger partial charge in [0.1, 0.15) is 5.82 Å². The average molecular weight is 341 g/mol. The fourth-order valence-electron chi connectivity index (χ4n) is 4.32. The molecule has 6 nitrogen and oxygen atoms in total. The highest BCUT2D eigenvalue weighted by Gasteiger charge is 2.31. The van der Waals surface area contributed by atoms with Crippen LogP contribution in [0.15, 0.2) is 6.07 Å². The lowest BCUT2D eigenvalue weighted by Crippen LogP contribution is -2.33. The first-order valence-electron chi connectivity index (χ1n) is 9.09. The first-order valence-corrected chi connectivity index (χ1v) is 9.09. The van der Waals surface area contributed by atoms with Gasteiger partial charge in [0.25, 0.3) is 0 Å². The van der Waals surface area contributed by atoms with Crippen LogP contribution in [-0.2, 0) is 17.6 Å². The van der Waals surface area contributed by atoms with Crippen LogP contribution in [0.4, 0.5) is 11.5 Å². The van der Waals surface area contributed by atoms with Crippen LogP contribution in [0.1, 0.15) is 23.2 Å². The second-order valence-electron chi connectivity index (χ2n) is 7.27. The van der Waals surface area contributed by atoms with Gasteiger partial charge in [0.2, 0.25) is 0 Å². The summed E-state index contributed by atoms with van der Waals surface area (Å²) in [4.78, 5) is 12.0. The van der Waals surface area contributed by atoms with Crippen molar-refractivity contribution in [1.29, 1.82) is 0 Å². The number of likely N-dealkylation sites (N-methyl/N-ethyl adjacent to an activating group) is 1. The average Bonchev–Trinajstić information content (AvgIpc) is 3.20. The molecule has 0 spiro atoms. The number of rotatable bonds is 4. The summed E-state index contributed by atoms with van der Waals surface area (Å²) in [6.07, 6.45) is 3.58. The minimum atomic E-state index is 0.176. The quantitative estimate of drug-likeness (QED) is 0.889. The number of fused-ring (bicyclic) bond motifs is 2. The van der Waals surface area contributed by atoms with Crippen LogP contribution < -0.4 is 10.6 Å². The molecule has 25 heavy (non-hydrogen) atoms. The number of likely N-dealkylation sites (tertiary alicyclic amines) is 1. The zero-order chi connectivity index (χ0) is 17.6. The minimum absolute atomic E-state index is 0.176. The molecule has 2 N–H and O–H groups in total. The van der Waals surface area contributed by atoms with Crippen LogP contribution in [0.2, 0.25) is 0 Å². The van der Waals surface area contributed by atoms with E-state index in [9.17, 15) is 0 Å². The van der Waals surface area contributed by atoms with Crippen molar-refractivity contribution in [3.8, 4) is 0 Å². The standard InChI is InChI=1S/C19H27N5O/c1-11-12-6-5-7-13(12)22-19-18(11)14(20-2)8-17(23-19)21-15-9-24(3)10-16(15)25-4/h8,15-16H,5-7,9-10H2,1-4H3,(H2,20,21,22,23). The van der Waals surface area contributed by atoms with E-state index in [1.165, 1.54) is 23.2 Å². The second kappa shape index (κ2) is 6.42. The lowest BCUT2D eigenvalue weighted by atomic mass is 10.0. The number of nitrogens with zero attached hydrogens (tertiary/aromatic N) is 3. The SMILES string of the molecule is CNc1cc(NC2CN(C)CC2OC)nc2nc3c(c(C)c12)CCC3. The zero-order valence-corrected chi connectivity index (χ0v) is 15.5. The molecule has 1 saturated heterocycles. The maximum absolute atomic E-state index is 5.63. The highest BCUT2D eigenvalue weighted by molar-refractivity contribution is 5.94. The van der Waals surface area contributed by atoms with Crippen LogP contribution in [0.5, 0.6) is 0 Å². The molecule has 0 amide bonds. The van der Waals surface area contributed by atoms with Gasteiger partial charge in [0.15, 0.2) is 5.65 Å². The summed E-state index contributed by atoms with van der Waals surface area (Å²) in [5, 5.41) is 8.06. The van der Waals surface area contributed by atoms with E-state index in [2.05, 4.69) is 35.6 Å². The Bertz CT molecular complexity index is 806. The number of hydrogen-bond donors (Lipinski definition) is 2. The van der Waals surface area contributed by atoms with Crippen molar-refractivity contribution in [2.24, 2.45) is 0 Å². The van der Waals surface area contributed by atoms with Gasteiger partial charge in [-0.25, -0.2) is 9.97 Å². The van der Waals surface area contributed by atoms with Gasteiger partial charge in [-0.3, -0.25) is 0 Å². The number of aromatic nitrogens is 2. The van der Waals surface area contributed by atoms with Gasteiger partial charge in [0.05, 0.1) is 12.1 Å². The predicted octanol–water partition coefficient (Wildman–Crippen LogP) is 2.21. The highest BCUT2D eigenvalue weighted by atomic mass is 16.5. The summed E-state index contributed by atoms with van der Waals surface area (Å²) in [6.45, 7) is 4.09. The summed E-state index contributed by atoms with van der Waals surface area (Å²) in [7, 11) is 5.86. The van der Waals surface area contributed by atoms with E-state index < -0.39 is 0 Å². The van der Waals surface area contributed by atoms with E-state index in [4.69, 9.17) is 14.7 Å². The number of aryl methyl sites for hydroxylation is 2. The van der Waals surface area contributed by atoms with E-state index in [-0.39, 0.29) is 12.1 Å². The number of anilines is 2. The molecular weight excluding hydrogens is 314 g/mol. The monoisotopic (exact) mass is 341 g/mol. The molecule has 1 aliphatic heterocycles. The van der Waals surface area contributed by atoms with Gasteiger partial charge in [-0.1, -0.05) is 0 Å². The fraction of sp³-hybridized carbons (Fsp3) is 0.579. The van der Waals surface area contributed by atoms with Gasteiger partial charge in [-0.05, 0) is 44.4 Å². The number of pyridine rings is 2. The molecule has 0 saturated carbocycles. The lowest BCUT2D eigenvalue weighted by molar-refractivity contribution is 0.104. The molecule has 2 aliphatic rings. The summed E-state index contributed by atoms with van der Waals surface area (Å²) in [6, 6.07) is 2.34. The Kier molecular flexibility index (Phi) is 4.25. The molecule has 2 aromatic heterocycles. The zero-order valence-electron chi connectivity index (χ0n) is 15.5. The number of hydrogen-bond acceptors (Lipinski definition) is 6. The lowest BCUT2D eigenvalue weighted by Gasteiger charge is -2.20. The number of methoxy groups -OCH3 is 1. The Morgan fingerprint density at radius 1 is 1.24 bits per heavy atom. The topological polar surface area (TPSA) is 62.3 Å². The third-order valence-corrected chi connectivity index (χ3v) is 5.61. The van der Waals surface area contributed by atoms with Crippen molar-refractivity contribution >= 4 is 22.5 Å². The van der Waals surface area contributed by atoms with E-state index in [0.717, 1.165) is 48.5 Å². The van der Waals surface area contributed by atoms with Crippen LogP contribution in [0.3, 0.4) is 0 Å². The Morgan fingerprint density at radius 2 is 2.08 bits per heavy atom. The Morgan fingerprint density at radius 3 is 2.84 bits per heavy atom. The van der Waals surface area contributed by atoms with Gasteiger partial charge < -0.3 is 20.3 Å². The van der Waals surface area contributed by atoms with Crippen molar-refractivity contribution in [3.63, 3.8) is 0 Å². The molecule has 4 rings (SSSR count). The highest BCUT2D eigenvalue weighted by Crippen LogP contribution is 2.34. The molecule has 0 radical (unpaired) electrons. The molecule has 1 fully saturated rings. The molecule has 2 aromatic rings. The van der Waals surface area contributed by atoms with Crippen LogP contribution in [0, 0.1) is 6.92 Å². The first-order chi connectivity index (χ1) is 12.1. The first kappa shape index (κ1) is 16.5. The number of nitrogens with one attached hydrogen (secondary N) is 2. The van der Waals surface area contributed by atoms with Gasteiger partial charge in [-0.2, -0.15) is 0 Å². The second-order valence-corrected chi connectivity index (χ2v) is 7.27. The molecule has 0 aromatic carbocycles. The Hall–Kier alpha value is -1.92. The van der Waals surface area contributed by atoms with Crippen molar-refractivity contribution in [1.82, 2.24) is 14.9 Å². The van der Waals surface area contributed by atoms with E-state index in [0.29, 0.717) is 0 Å². The molecule has 0 bridgehead atoms. The molecule has 1 aliphatic carbocycles. The van der Waals surface area contributed by atoms with Crippen molar-refractivity contribution in [2.45, 2.75) is 38.3 Å². The molecular formula is C19H27N5O. The van der Waals surface area contributed by atoms with Crippen molar-refractivity contribution in [3.05, 3.63) is 22.9 Å². The molecule has 3 heterocycles. The summed E-state index contributed by atoms with van der Waals surface area (Å²) >= 11 is 0. The van der Waals surface area contributed by atoms with Crippen molar-refractivity contribution < 1.29 is 4.74 Å². The minimum Gasteiger partial charge on any atom is -0.387 e. The van der Waals surface area contributed by atoms with E-state index >= 15 is 0 Å². The third-order valence-electron chi connectivity index (χ3n) is 5.61.